The van der Waals surface area contributed by atoms with Gasteiger partial charge < -0.3 is 10.1 Å². The standard InChI is InChI=1S/C14H19NO2/c1-10-3-5-11(6-4-10)12-7-8-13(15-9-12)14(16)17-2/h3-6,12-13,15H,7-9H2,1-2H3/t12-,13-/m1/s1. The number of hydrogen-bond acceptors (Lipinski definition) is 3. The summed E-state index contributed by atoms with van der Waals surface area (Å²) in [6, 6.07) is 8.52. The third-order valence-corrected chi connectivity index (χ3v) is 3.45. The Morgan fingerprint density at radius 2 is 2.00 bits per heavy atom. The molecule has 3 heteroatoms. The lowest BCUT2D eigenvalue weighted by atomic mass is 9.88. The topological polar surface area (TPSA) is 38.3 Å². The van der Waals surface area contributed by atoms with E-state index in [1.54, 1.807) is 0 Å². The van der Waals surface area contributed by atoms with Gasteiger partial charge in [0.25, 0.3) is 0 Å². The first-order chi connectivity index (χ1) is 8.20. The molecule has 0 aromatic heterocycles. The zero-order valence-corrected chi connectivity index (χ0v) is 10.4. The fraction of sp³-hybridized carbons (Fsp3) is 0.500. The Balaban J connectivity index is 1.95. The third kappa shape index (κ3) is 2.86. The Morgan fingerprint density at radius 3 is 2.53 bits per heavy atom. The largest absolute Gasteiger partial charge is 0.468 e. The highest BCUT2D eigenvalue weighted by Crippen LogP contribution is 2.25. The highest BCUT2D eigenvalue weighted by Gasteiger charge is 2.26. The molecule has 17 heavy (non-hydrogen) atoms. The van der Waals surface area contributed by atoms with Crippen LogP contribution in [0.1, 0.15) is 29.9 Å². The molecule has 0 radical (unpaired) electrons. The van der Waals surface area contributed by atoms with E-state index in [1.807, 2.05) is 0 Å². The maximum atomic E-state index is 11.4. The molecule has 1 aromatic carbocycles. The summed E-state index contributed by atoms with van der Waals surface area (Å²) in [4.78, 5) is 11.4. The van der Waals surface area contributed by atoms with Crippen LogP contribution in [0.5, 0.6) is 0 Å². The quantitative estimate of drug-likeness (QED) is 0.794. The van der Waals surface area contributed by atoms with Crippen molar-refractivity contribution in [3.63, 3.8) is 0 Å². The summed E-state index contributed by atoms with van der Waals surface area (Å²) in [5.74, 6) is 0.365. The molecule has 1 N–H and O–H groups in total. The van der Waals surface area contributed by atoms with Gasteiger partial charge in [-0.25, -0.2) is 0 Å². The van der Waals surface area contributed by atoms with Gasteiger partial charge in [0.2, 0.25) is 0 Å². The number of rotatable bonds is 2. The van der Waals surface area contributed by atoms with Crippen LogP contribution < -0.4 is 5.32 Å². The van der Waals surface area contributed by atoms with Crippen molar-refractivity contribution >= 4 is 5.97 Å². The highest BCUT2D eigenvalue weighted by atomic mass is 16.5. The second-order valence-electron chi connectivity index (χ2n) is 4.67. The SMILES string of the molecule is COC(=O)[C@H]1CC[C@@H](c2ccc(C)cc2)CN1. The number of ether oxygens (including phenoxy) is 1. The monoisotopic (exact) mass is 233 g/mol. The van der Waals surface area contributed by atoms with Gasteiger partial charge in [0.15, 0.2) is 0 Å². The number of hydrogen-bond donors (Lipinski definition) is 1. The van der Waals surface area contributed by atoms with E-state index in [-0.39, 0.29) is 12.0 Å². The van der Waals surface area contributed by atoms with Gasteiger partial charge in [-0.1, -0.05) is 29.8 Å². The summed E-state index contributed by atoms with van der Waals surface area (Å²) in [7, 11) is 1.44. The van der Waals surface area contributed by atoms with Crippen LogP contribution in [0.3, 0.4) is 0 Å². The Bertz CT molecular complexity index is 378. The molecule has 0 saturated carbocycles. The minimum absolute atomic E-state index is 0.123. The average molecular weight is 233 g/mol. The Hall–Kier alpha value is -1.35. The van der Waals surface area contributed by atoms with Crippen LogP contribution in [0.25, 0.3) is 0 Å². The van der Waals surface area contributed by atoms with Crippen LogP contribution in [0.15, 0.2) is 24.3 Å². The second kappa shape index (κ2) is 5.32. The maximum absolute atomic E-state index is 11.4. The van der Waals surface area contributed by atoms with Gasteiger partial charge in [-0.2, -0.15) is 0 Å². The first-order valence-electron chi connectivity index (χ1n) is 6.08. The van der Waals surface area contributed by atoms with E-state index in [4.69, 9.17) is 4.74 Å². The lowest BCUT2D eigenvalue weighted by Gasteiger charge is -2.28. The number of carbonyl (C=O) groups is 1. The molecule has 1 aliphatic rings. The summed E-state index contributed by atoms with van der Waals surface area (Å²) in [5.41, 5.74) is 2.64. The van der Waals surface area contributed by atoms with Crippen molar-refractivity contribution in [1.82, 2.24) is 5.32 Å². The molecule has 2 atom stereocenters. The lowest BCUT2D eigenvalue weighted by Crippen LogP contribution is -2.43. The van der Waals surface area contributed by atoms with Gasteiger partial charge in [-0.05, 0) is 31.2 Å². The number of methoxy groups -OCH3 is 1. The fourth-order valence-corrected chi connectivity index (χ4v) is 2.32. The van der Waals surface area contributed by atoms with Gasteiger partial charge in [-0.3, -0.25) is 4.79 Å². The summed E-state index contributed by atoms with van der Waals surface area (Å²) in [6.07, 6.45) is 1.89. The predicted octanol–water partition coefficient (Wildman–Crippen LogP) is 2.00. The lowest BCUT2D eigenvalue weighted by molar-refractivity contribution is -0.143. The molecular weight excluding hydrogens is 214 g/mol. The molecule has 0 unspecified atom stereocenters. The average Bonchev–Trinajstić information content (AvgIpc) is 2.39. The molecule has 0 bridgehead atoms. The summed E-state index contributed by atoms with van der Waals surface area (Å²) in [5, 5.41) is 3.26. The Morgan fingerprint density at radius 1 is 1.29 bits per heavy atom. The fourth-order valence-electron chi connectivity index (χ4n) is 2.32. The van der Waals surface area contributed by atoms with Crippen LogP contribution in [-0.4, -0.2) is 25.7 Å². The van der Waals surface area contributed by atoms with Gasteiger partial charge in [0.1, 0.15) is 6.04 Å². The number of benzene rings is 1. The molecule has 0 aliphatic carbocycles. The van der Waals surface area contributed by atoms with Crippen molar-refractivity contribution < 1.29 is 9.53 Å². The minimum Gasteiger partial charge on any atom is -0.468 e. The molecule has 1 aromatic rings. The minimum atomic E-state index is -0.146. The molecule has 92 valence electrons. The van der Waals surface area contributed by atoms with Crippen molar-refractivity contribution in [2.24, 2.45) is 0 Å². The second-order valence-corrected chi connectivity index (χ2v) is 4.67. The molecule has 3 nitrogen and oxygen atoms in total. The predicted molar refractivity (Wildman–Crippen MR) is 67.0 cm³/mol. The molecule has 1 saturated heterocycles. The van der Waals surface area contributed by atoms with Crippen molar-refractivity contribution in [1.29, 1.82) is 0 Å². The number of esters is 1. The van der Waals surface area contributed by atoms with Gasteiger partial charge in [0.05, 0.1) is 7.11 Å². The number of nitrogens with one attached hydrogen (secondary N) is 1. The third-order valence-electron chi connectivity index (χ3n) is 3.45. The first-order valence-corrected chi connectivity index (χ1v) is 6.08. The van der Waals surface area contributed by atoms with Crippen molar-refractivity contribution in [2.45, 2.75) is 31.7 Å². The van der Waals surface area contributed by atoms with E-state index in [9.17, 15) is 4.79 Å². The van der Waals surface area contributed by atoms with Gasteiger partial charge >= 0.3 is 5.97 Å². The Kier molecular flexibility index (Phi) is 3.79. The van der Waals surface area contributed by atoms with E-state index in [2.05, 4.69) is 36.5 Å². The smallest absolute Gasteiger partial charge is 0.322 e. The van der Waals surface area contributed by atoms with E-state index in [0.29, 0.717) is 5.92 Å². The van der Waals surface area contributed by atoms with E-state index < -0.39 is 0 Å². The van der Waals surface area contributed by atoms with Crippen molar-refractivity contribution in [3.05, 3.63) is 35.4 Å². The van der Waals surface area contributed by atoms with Crippen LogP contribution >= 0.6 is 0 Å². The van der Waals surface area contributed by atoms with E-state index in [0.717, 1.165) is 19.4 Å². The summed E-state index contributed by atoms with van der Waals surface area (Å²) >= 11 is 0. The molecule has 0 spiro atoms. The number of carbonyl (C=O) groups excluding carboxylic acids is 1. The van der Waals surface area contributed by atoms with E-state index in [1.165, 1.54) is 18.2 Å². The molecule has 1 heterocycles. The summed E-state index contributed by atoms with van der Waals surface area (Å²) in [6.45, 7) is 2.94. The van der Waals surface area contributed by atoms with Crippen molar-refractivity contribution in [2.75, 3.05) is 13.7 Å². The number of aryl methyl sites for hydroxylation is 1. The molecule has 1 aliphatic heterocycles. The van der Waals surface area contributed by atoms with Gasteiger partial charge in [-0.15, -0.1) is 0 Å². The van der Waals surface area contributed by atoms with Crippen LogP contribution in [0, 0.1) is 6.92 Å². The zero-order valence-electron chi connectivity index (χ0n) is 10.4. The maximum Gasteiger partial charge on any atom is 0.322 e. The number of piperidine rings is 1. The van der Waals surface area contributed by atoms with Crippen molar-refractivity contribution in [3.8, 4) is 0 Å². The van der Waals surface area contributed by atoms with Crippen LogP contribution in [-0.2, 0) is 9.53 Å². The van der Waals surface area contributed by atoms with Crippen LogP contribution in [0.2, 0.25) is 0 Å². The molecular formula is C14H19NO2. The van der Waals surface area contributed by atoms with E-state index >= 15 is 0 Å². The summed E-state index contributed by atoms with van der Waals surface area (Å²) < 4.78 is 4.74. The van der Waals surface area contributed by atoms with Gasteiger partial charge in [0, 0.05) is 6.54 Å². The van der Waals surface area contributed by atoms with Crippen LogP contribution in [0.4, 0.5) is 0 Å². The Labute approximate surface area is 102 Å². The molecule has 0 amide bonds. The first kappa shape index (κ1) is 12.1. The highest BCUT2D eigenvalue weighted by molar-refractivity contribution is 5.75. The zero-order chi connectivity index (χ0) is 12.3. The molecule has 1 fully saturated rings. The normalized spacial score (nSPS) is 24.4. The molecule has 2 rings (SSSR count).